The Kier molecular flexibility index (Phi) is 6.27. The molecule has 0 atom stereocenters. The topological polar surface area (TPSA) is 50.7 Å². The molecule has 0 amide bonds. The lowest BCUT2D eigenvalue weighted by Gasteiger charge is -2.14. The van der Waals surface area contributed by atoms with Crippen molar-refractivity contribution >= 4 is 44.8 Å². The molecule has 0 aromatic heterocycles. The molecule has 0 aliphatic rings. The Morgan fingerprint density at radius 3 is 2.39 bits per heavy atom. The molecule has 0 radical (unpaired) electrons. The monoisotopic (exact) mass is 419 g/mol. The van der Waals surface area contributed by atoms with Crippen LogP contribution in [0, 0.1) is 0 Å². The van der Waals surface area contributed by atoms with E-state index in [1.54, 1.807) is 19.2 Å². The molecule has 0 saturated carbocycles. The van der Waals surface area contributed by atoms with Gasteiger partial charge in [0.1, 0.15) is 0 Å². The number of benzene rings is 2. The maximum absolute atomic E-state index is 9.58. The van der Waals surface area contributed by atoms with E-state index in [1.165, 1.54) is 0 Å². The predicted octanol–water partition coefficient (Wildman–Crippen LogP) is 5.48. The molecule has 23 heavy (non-hydrogen) atoms. The average Bonchev–Trinajstić information content (AvgIpc) is 2.50. The van der Waals surface area contributed by atoms with Crippen molar-refractivity contribution in [2.24, 2.45) is 0 Å². The van der Waals surface area contributed by atoms with Gasteiger partial charge in [-0.1, -0.05) is 23.2 Å². The third kappa shape index (κ3) is 4.37. The Morgan fingerprint density at radius 2 is 1.83 bits per heavy atom. The zero-order valence-electron chi connectivity index (χ0n) is 12.6. The van der Waals surface area contributed by atoms with Crippen LogP contribution in [0.5, 0.6) is 17.2 Å². The Morgan fingerprint density at radius 1 is 1.17 bits per heavy atom. The Hall–Kier alpha value is -1.30. The van der Waals surface area contributed by atoms with Crippen LogP contribution in [-0.4, -0.2) is 18.8 Å². The summed E-state index contributed by atoms with van der Waals surface area (Å²) < 4.78 is 11.7. The number of ether oxygens (including phenoxy) is 2. The largest absolute Gasteiger partial charge is 0.505 e. The fourth-order valence-corrected chi connectivity index (χ4v) is 3.19. The van der Waals surface area contributed by atoms with Crippen molar-refractivity contribution in [2.75, 3.05) is 19.0 Å². The zero-order valence-corrected chi connectivity index (χ0v) is 15.7. The van der Waals surface area contributed by atoms with E-state index in [0.29, 0.717) is 30.3 Å². The highest BCUT2D eigenvalue weighted by Crippen LogP contribution is 2.37. The molecule has 0 spiro atoms. The summed E-state index contributed by atoms with van der Waals surface area (Å²) in [6.45, 7) is 2.99. The second kappa shape index (κ2) is 7.99. The summed E-state index contributed by atoms with van der Waals surface area (Å²) in [6, 6.07) is 7.08. The maximum atomic E-state index is 9.58. The third-order valence-electron chi connectivity index (χ3n) is 3.09. The van der Waals surface area contributed by atoms with Crippen molar-refractivity contribution in [1.29, 1.82) is 0 Å². The van der Waals surface area contributed by atoms with Crippen LogP contribution in [0.15, 0.2) is 28.7 Å². The van der Waals surface area contributed by atoms with Crippen molar-refractivity contribution in [3.63, 3.8) is 0 Å². The molecule has 2 aromatic carbocycles. The number of hydrogen-bond donors (Lipinski definition) is 2. The Balaban J connectivity index is 2.20. The third-order valence-corrected chi connectivity index (χ3v) is 4.25. The van der Waals surface area contributed by atoms with Crippen molar-refractivity contribution in [3.05, 3.63) is 44.3 Å². The molecule has 2 aromatic rings. The van der Waals surface area contributed by atoms with E-state index >= 15 is 0 Å². The molecule has 0 fully saturated rings. The van der Waals surface area contributed by atoms with Gasteiger partial charge in [-0.05, 0) is 52.7 Å². The zero-order chi connectivity index (χ0) is 17.0. The van der Waals surface area contributed by atoms with E-state index in [2.05, 4.69) is 21.2 Å². The van der Waals surface area contributed by atoms with Gasteiger partial charge in [-0.15, -0.1) is 0 Å². The summed E-state index contributed by atoms with van der Waals surface area (Å²) in [5, 5.41) is 13.2. The molecule has 7 heteroatoms. The molecule has 0 aliphatic carbocycles. The summed E-state index contributed by atoms with van der Waals surface area (Å²) in [5.74, 6) is 1.21. The minimum absolute atomic E-state index is 0.121. The van der Waals surface area contributed by atoms with Crippen LogP contribution in [0.4, 0.5) is 5.69 Å². The molecule has 2 N–H and O–H groups in total. The van der Waals surface area contributed by atoms with E-state index in [-0.39, 0.29) is 15.8 Å². The molecule has 0 heterocycles. The molecule has 124 valence electrons. The van der Waals surface area contributed by atoms with E-state index in [1.807, 2.05) is 19.1 Å². The molecule has 4 nitrogen and oxygen atoms in total. The van der Waals surface area contributed by atoms with Crippen molar-refractivity contribution in [2.45, 2.75) is 13.5 Å². The number of methoxy groups -OCH3 is 1. The molecule has 0 bridgehead atoms. The van der Waals surface area contributed by atoms with Crippen LogP contribution in [0.2, 0.25) is 10.0 Å². The van der Waals surface area contributed by atoms with E-state index in [9.17, 15) is 5.11 Å². The quantitative estimate of drug-likeness (QED) is 0.607. The summed E-state index contributed by atoms with van der Waals surface area (Å²) in [7, 11) is 1.60. The molecule has 0 saturated heterocycles. The van der Waals surface area contributed by atoms with Gasteiger partial charge in [0.25, 0.3) is 0 Å². The molecular weight excluding hydrogens is 405 g/mol. The highest BCUT2D eigenvalue weighted by molar-refractivity contribution is 9.10. The summed E-state index contributed by atoms with van der Waals surface area (Å²) >= 11 is 15.3. The van der Waals surface area contributed by atoms with Crippen LogP contribution in [0.1, 0.15) is 12.5 Å². The Labute approximate surface area is 153 Å². The van der Waals surface area contributed by atoms with E-state index < -0.39 is 0 Å². The van der Waals surface area contributed by atoms with E-state index in [0.717, 1.165) is 10.0 Å². The van der Waals surface area contributed by atoms with Gasteiger partial charge < -0.3 is 19.9 Å². The SMILES string of the molecule is CCOc1cc(CNc2cc(Cl)c(O)c(Cl)c2)cc(Br)c1OC. The maximum Gasteiger partial charge on any atom is 0.174 e. The first-order valence-electron chi connectivity index (χ1n) is 6.87. The smallest absolute Gasteiger partial charge is 0.174 e. The molecule has 0 aliphatic heterocycles. The number of phenolic OH excluding ortho intramolecular Hbond substituents is 1. The number of halogens is 3. The molecule has 0 unspecified atom stereocenters. The molecule has 2 rings (SSSR count). The number of aromatic hydroxyl groups is 1. The fraction of sp³-hybridized carbons (Fsp3) is 0.250. The van der Waals surface area contributed by atoms with Crippen molar-refractivity contribution in [3.8, 4) is 17.2 Å². The first kappa shape index (κ1) is 18.0. The number of nitrogens with one attached hydrogen (secondary N) is 1. The minimum atomic E-state index is -0.121. The number of rotatable bonds is 6. The lowest BCUT2D eigenvalue weighted by atomic mass is 10.2. The highest BCUT2D eigenvalue weighted by atomic mass is 79.9. The van der Waals surface area contributed by atoms with Gasteiger partial charge in [0.15, 0.2) is 17.2 Å². The lowest BCUT2D eigenvalue weighted by Crippen LogP contribution is -2.02. The second-order valence-electron chi connectivity index (χ2n) is 4.68. The normalized spacial score (nSPS) is 10.5. The first-order chi connectivity index (χ1) is 11.0. The lowest BCUT2D eigenvalue weighted by molar-refractivity contribution is 0.309. The van der Waals surface area contributed by atoms with Crippen LogP contribution in [0.25, 0.3) is 0 Å². The van der Waals surface area contributed by atoms with Gasteiger partial charge in [0.05, 0.1) is 28.2 Å². The van der Waals surface area contributed by atoms with Crippen molar-refractivity contribution < 1.29 is 14.6 Å². The van der Waals surface area contributed by atoms with Crippen LogP contribution >= 0.6 is 39.1 Å². The summed E-state index contributed by atoms with van der Waals surface area (Å²) in [4.78, 5) is 0. The van der Waals surface area contributed by atoms with Gasteiger partial charge in [0.2, 0.25) is 0 Å². The van der Waals surface area contributed by atoms with Crippen LogP contribution < -0.4 is 14.8 Å². The van der Waals surface area contributed by atoms with Crippen molar-refractivity contribution in [1.82, 2.24) is 0 Å². The van der Waals surface area contributed by atoms with Crippen LogP contribution in [0.3, 0.4) is 0 Å². The first-order valence-corrected chi connectivity index (χ1v) is 8.42. The number of anilines is 1. The standard InChI is InChI=1S/C16H16BrCl2NO3/c1-3-23-14-5-9(4-11(17)16(14)22-2)8-20-10-6-12(18)15(21)13(19)7-10/h4-7,20-21H,3,8H2,1-2H3. The van der Waals surface area contributed by atoms with Gasteiger partial charge in [-0.25, -0.2) is 0 Å². The van der Waals surface area contributed by atoms with Crippen LogP contribution in [-0.2, 0) is 6.54 Å². The van der Waals surface area contributed by atoms with Gasteiger partial charge in [-0.2, -0.15) is 0 Å². The van der Waals surface area contributed by atoms with Gasteiger partial charge in [0, 0.05) is 12.2 Å². The fourth-order valence-electron chi connectivity index (χ4n) is 2.06. The predicted molar refractivity (Wildman–Crippen MR) is 97.3 cm³/mol. The average molecular weight is 421 g/mol. The minimum Gasteiger partial charge on any atom is -0.505 e. The summed E-state index contributed by atoms with van der Waals surface area (Å²) in [5.41, 5.74) is 1.70. The Bertz CT molecular complexity index is 687. The number of phenols is 1. The molecular formula is C16H16BrCl2NO3. The van der Waals surface area contributed by atoms with E-state index in [4.69, 9.17) is 32.7 Å². The second-order valence-corrected chi connectivity index (χ2v) is 6.35. The van der Waals surface area contributed by atoms with Gasteiger partial charge >= 0.3 is 0 Å². The highest BCUT2D eigenvalue weighted by Gasteiger charge is 2.12. The summed E-state index contributed by atoms with van der Waals surface area (Å²) in [6.07, 6.45) is 0. The number of hydrogen-bond acceptors (Lipinski definition) is 4. The van der Waals surface area contributed by atoms with Gasteiger partial charge in [-0.3, -0.25) is 0 Å².